The molecule has 7 heteroatoms. The summed E-state index contributed by atoms with van der Waals surface area (Å²) >= 11 is 0. The van der Waals surface area contributed by atoms with Gasteiger partial charge in [0.05, 0.1) is 12.0 Å². The molecule has 1 saturated heterocycles. The van der Waals surface area contributed by atoms with Gasteiger partial charge in [-0.2, -0.15) is 0 Å². The highest BCUT2D eigenvalue weighted by molar-refractivity contribution is 7.89. The number of benzene rings is 1. The molecule has 0 unspecified atom stereocenters. The van der Waals surface area contributed by atoms with Crippen molar-refractivity contribution in [2.24, 2.45) is 5.92 Å². The van der Waals surface area contributed by atoms with E-state index in [4.69, 9.17) is 4.74 Å². The largest absolute Gasteiger partial charge is 0.497 e. The van der Waals surface area contributed by atoms with Crippen molar-refractivity contribution in [3.8, 4) is 5.75 Å². The first-order valence-corrected chi connectivity index (χ1v) is 9.93. The lowest BCUT2D eigenvalue weighted by molar-refractivity contribution is -0.139. The van der Waals surface area contributed by atoms with Gasteiger partial charge in [0.1, 0.15) is 5.75 Å². The standard InChI is InChI=1S/C17H24N2O4S/c1-23-15-5-7-16(8-6-15)24(21,22)18-14-9-11-19(12-10-14)17(20)13-3-2-4-13/h5-8,13-14,18H,2-4,9-12H2,1H3. The first-order valence-electron chi connectivity index (χ1n) is 8.45. The molecule has 132 valence electrons. The zero-order valence-electron chi connectivity index (χ0n) is 13.9. The summed E-state index contributed by atoms with van der Waals surface area (Å²) in [5, 5.41) is 0. The highest BCUT2D eigenvalue weighted by Gasteiger charge is 2.32. The molecule has 2 fully saturated rings. The Morgan fingerprint density at radius 3 is 2.25 bits per heavy atom. The van der Waals surface area contributed by atoms with Gasteiger partial charge < -0.3 is 9.64 Å². The number of piperidine rings is 1. The molecular weight excluding hydrogens is 328 g/mol. The Morgan fingerprint density at radius 2 is 1.75 bits per heavy atom. The first kappa shape index (κ1) is 17.2. The van der Waals surface area contributed by atoms with Crippen molar-refractivity contribution in [3.05, 3.63) is 24.3 Å². The summed E-state index contributed by atoms with van der Waals surface area (Å²) < 4.78 is 32.7. The van der Waals surface area contributed by atoms with Crippen LogP contribution in [0.15, 0.2) is 29.2 Å². The summed E-state index contributed by atoms with van der Waals surface area (Å²) in [6.07, 6.45) is 4.47. The predicted molar refractivity (Wildman–Crippen MR) is 90.3 cm³/mol. The smallest absolute Gasteiger partial charge is 0.240 e. The second kappa shape index (κ2) is 7.11. The van der Waals surface area contributed by atoms with E-state index in [2.05, 4.69) is 4.72 Å². The van der Waals surface area contributed by atoms with E-state index in [1.807, 2.05) is 4.90 Å². The third-order valence-corrected chi connectivity index (χ3v) is 6.49. The van der Waals surface area contributed by atoms with Crippen LogP contribution in [-0.4, -0.2) is 45.5 Å². The number of nitrogens with zero attached hydrogens (tertiary/aromatic N) is 1. The molecule has 0 aromatic heterocycles. The Balaban J connectivity index is 1.55. The van der Waals surface area contributed by atoms with E-state index in [1.54, 1.807) is 19.2 Å². The van der Waals surface area contributed by atoms with E-state index in [9.17, 15) is 13.2 Å². The highest BCUT2D eigenvalue weighted by atomic mass is 32.2. The van der Waals surface area contributed by atoms with Gasteiger partial charge in [-0.3, -0.25) is 4.79 Å². The molecular formula is C17H24N2O4S. The zero-order valence-corrected chi connectivity index (χ0v) is 14.7. The summed E-state index contributed by atoms with van der Waals surface area (Å²) in [6.45, 7) is 1.26. The molecule has 6 nitrogen and oxygen atoms in total. The van der Waals surface area contributed by atoms with E-state index in [0.717, 1.165) is 19.3 Å². The Morgan fingerprint density at radius 1 is 1.12 bits per heavy atom. The number of methoxy groups -OCH3 is 1. The second-order valence-electron chi connectivity index (χ2n) is 6.52. The van der Waals surface area contributed by atoms with Crippen LogP contribution in [0.1, 0.15) is 32.1 Å². The Labute approximate surface area is 143 Å². The van der Waals surface area contributed by atoms with E-state index in [1.165, 1.54) is 12.1 Å². The van der Waals surface area contributed by atoms with Gasteiger partial charge in [0.2, 0.25) is 15.9 Å². The van der Waals surface area contributed by atoms with Gasteiger partial charge in [-0.15, -0.1) is 0 Å². The minimum atomic E-state index is -3.54. The summed E-state index contributed by atoms with van der Waals surface area (Å²) in [5.74, 6) is 1.08. The monoisotopic (exact) mass is 352 g/mol. The highest BCUT2D eigenvalue weighted by Crippen LogP contribution is 2.29. The normalized spacial score (nSPS) is 19.8. The van der Waals surface area contributed by atoms with E-state index in [-0.39, 0.29) is 22.8 Å². The van der Waals surface area contributed by atoms with Crippen LogP contribution in [0.5, 0.6) is 5.75 Å². The van der Waals surface area contributed by atoms with Crippen LogP contribution in [0, 0.1) is 5.92 Å². The van der Waals surface area contributed by atoms with Crippen molar-refractivity contribution in [2.75, 3.05) is 20.2 Å². The first-order chi connectivity index (χ1) is 11.5. The van der Waals surface area contributed by atoms with Gasteiger partial charge >= 0.3 is 0 Å². The second-order valence-corrected chi connectivity index (χ2v) is 8.24. The van der Waals surface area contributed by atoms with Crippen LogP contribution >= 0.6 is 0 Å². The van der Waals surface area contributed by atoms with Crippen molar-refractivity contribution < 1.29 is 17.9 Å². The molecule has 1 N–H and O–H groups in total. The third-order valence-electron chi connectivity index (χ3n) is 4.95. The summed E-state index contributed by atoms with van der Waals surface area (Å²) in [6, 6.07) is 6.22. The van der Waals surface area contributed by atoms with Gasteiger partial charge in [0, 0.05) is 25.0 Å². The summed E-state index contributed by atoms with van der Waals surface area (Å²) in [7, 11) is -2.00. The van der Waals surface area contributed by atoms with Crippen molar-refractivity contribution >= 4 is 15.9 Å². The van der Waals surface area contributed by atoms with Gasteiger partial charge in [-0.1, -0.05) is 6.42 Å². The van der Waals surface area contributed by atoms with Gasteiger partial charge in [-0.25, -0.2) is 13.1 Å². The fraction of sp³-hybridized carbons (Fsp3) is 0.588. The third kappa shape index (κ3) is 3.72. The number of likely N-dealkylation sites (tertiary alicyclic amines) is 1. The van der Waals surface area contributed by atoms with Gasteiger partial charge in [0.15, 0.2) is 0 Å². The lowest BCUT2D eigenvalue weighted by Gasteiger charge is -2.36. The van der Waals surface area contributed by atoms with E-state index >= 15 is 0 Å². The molecule has 1 aliphatic carbocycles. The van der Waals surface area contributed by atoms with Crippen LogP contribution in [0.2, 0.25) is 0 Å². The Kier molecular flexibility index (Phi) is 5.10. The molecule has 1 aromatic rings. The molecule has 1 aromatic carbocycles. The van der Waals surface area contributed by atoms with Crippen LogP contribution in [0.4, 0.5) is 0 Å². The fourth-order valence-electron chi connectivity index (χ4n) is 3.17. The molecule has 0 spiro atoms. The molecule has 2 aliphatic rings. The molecule has 24 heavy (non-hydrogen) atoms. The van der Waals surface area contributed by atoms with Crippen LogP contribution in [-0.2, 0) is 14.8 Å². The molecule has 1 heterocycles. The number of carbonyl (C=O) groups is 1. The lowest BCUT2D eigenvalue weighted by atomic mass is 9.84. The summed E-state index contributed by atoms with van der Waals surface area (Å²) in [5.41, 5.74) is 0. The van der Waals surface area contributed by atoms with Crippen LogP contribution < -0.4 is 9.46 Å². The Bertz CT molecular complexity index is 675. The number of hydrogen-bond donors (Lipinski definition) is 1. The number of nitrogens with one attached hydrogen (secondary N) is 1. The van der Waals surface area contributed by atoms with Crippen molar-refractivity contribution in [1.82, 2.24) is 9.62 Å². The Hall–Kier alpha value is -1.60. The number of rotatable bonds is 5. The van der Waals surface area contributed by atoms with Crippen molar-refractivity contribution in [2.45, 2.75) is 43.0 Å². The number of hydrogen-bond acceptors (Lipinski definition) is 4. The SMILES string of the molecule is COc1ccc(S(=O)(=O)NC2CCN(C(=O)C3CCC3)CC2)cc1. The van der Waals surface area contributed by atoms with Gasteiger partial charge in [-0.05, 0) is 49.9 Å². The summed E-state index contributed by atoms with van der Waals surface area (Å²) in [4.78, 5) is 14.4. The minimum absolute atomic E-state index is 0.123. The van der Waals surface area contributed by atoms with E-state index < -0.39 is 10.0 Å². The predicted octanol–water partition coefficient (Wildman–Crippen LogP) is 1.76. The number of sulfonamides is 1. The van der Waals surface area contributed by atoms with Crippen molar-refractivity contribution in [3.63, 3.8) is 0 Å². The zero-order chi connectivity index (χ0) is 17.2. The molecule has 0 atom stereocenters. The molecule has 0 radical (unpaired) electrons. The van der Waals surface area contributed by atoms with Crippen molar-refractivity contribution in [1.29, 1.82) is 0 Å². The number of carbonyl (C=O) groups excluding carboxylic acids is 1. The maximum absolute atomic E-state index is 12.4. The quantitative estimate of drug-likeness (QED) is 0.876. The minimum Gasteiger partial charge on any atom is -0.497 e. The average molecular weight is 352 g/mol. The topological polar surface area (TPSA) is 75.7 Å². The number of amides is 1. The average Bonchev–Trinajstić information content (AvgIpc) is 2.53. The lowest BCUT2D eigenvalue weighted by Crippen LogP contribution is -2.48. The van der Waals surface area contributed by atoms with Gasteiger partial charge in [0.25, 0.3) is 0 Å². The molecule has 1 saturated carbocycles. The maximum atomic E-state index is 12.4. The molecule has 3 rings (SSSR count). The fourth-order valence-corrected chi connectivity index (χ4v) is 4.48. The molecule has 1 aliphatic heterocycles. The van der Waals surface area contributed by atoms with Crippen LogP contribution in [0.25, 0.3) is 0 Å². The maximum Gasteiger partial charge on any atom is 0.240 e. The van der Waals surface area contributed by atoms with Crippen LogP contribution in [0.3, 0.4) is 0 Å². The molecule has 0 bridgehead atoms. The van der Waals surface area contributed by atoms with E-state index in [0.29, 0.717) is 31.7 Å². The molecule has 1 amide bonds. The number of ether oxygens (including phenoxy) is 1.